The van der Waals surface area contributed by atoms with Crippen LogP contribution in [0.5, 0.6) is 0 Å². The predicted molar refractivity (Wildman–Crippen MR) is 110 cm³/mol. The van der Waals surface area contributed by atoms with Gasteiger partial charge >= 0.3 is 5.97 Å². The molecule has 9 nitrogen and oxygen atoms in total. The van der Waals surface area contributed by atoms with Crippen LogP contribution in [0.4, 0.5) is 17.1 Å². The SMILES string of the molecule is CCN(CC)c1ccc(N=Nc2c(C#N)cc(S(=O)(=O)CC(=O)O)cc2C#N)cc1. The van der Waals surface area contributed by atoms with Crippen molar-refractivity contribution in [3.63, 3.8) is 0 Å². The monoisotopic (exact) mass is 425 g/mol. The fourth-order valence-electron chi connectivity index (χ4n) is 2.74. The summed E-state index contributed by atoms with van der Waals surface area (Å²) in [6, 6.07) is 12.8. The second-order valence-corrected chi connectivity index (χ2v) is 8.12. The van der Waals surface area contributed by atoms with Gasteiger partial charge in [-0.3, -0.25) is 4.79 Å². The van der Waals surface area contributed by atoms with Gasteiger partial charge in [0.25, 0.3) is 0 Å². The van der Waals surface area contributed by atoms with Crippen LogP contribution in [-0.2, 0) is 14.6 Å². The van der Waals surface area contributed by atoms with E-state index >= 15 is 0 Å². The van der Waals surface area contributed by atoms with Gasteiger partial charge in [0.15, 0.2) is 15.6 Å². The van der Waals surface area contributed by atoms with Crippen LogP contribution in [0.3, 0.4) is 0 Å². The molecule has 2 aromatic rings. The number of anilines is 1. The van der Waals surface area contributed by atoms with Crippen LogP contribution in [-0.4, -0.2) is 38.3 Å². The van der Waals surface area contributed by atoms with E-state index < -0.39 is 26.5 Å². The Morgan fingerprint density at radius 3 is 2.00 bits per heavy atom. The van der Waals surface area contributed by atoms with Gasteiger partial charge in [-0.05, 0) is 50.2 Å². The van der Waals surface area contributed by atoms with Crippen LogP contribution < -0.4 is 4.90 Å². The molecule has 0 spiro atoms. The van der Waals surface area contributed by atoms with E-state index in [0.29, 0.717) is 5.69 Å². The average molecular weight is 425 g/mol. The van der Waals surface area contributed by atoms with Gasteiger partial charge in [0.1, 0.15) is 17.8 Å². The summed E-state index contributed by atoms with van der Waals surface area (Å²) in [5.74, 6) is -2.69. The van der Waals surface area contributed by atoms with Crippen molar-refractivity contribution in [2.75, 3.05) is 23.7 Å². The molecule has 0 aliphatic heterocycles. The average Bonchev–Trinajstić information content (AvgIpc) is 2.72. The highest BCUT2D eigenvalue weighted by molar-refractivity contribution is 7.92. The zero-order chi connectivity index (χ0) is 22.3. The predicted octanol–water partition coefficient (Wildman–Crippen LogP) is 3.55. The van der Waals surface area contributed by atoms with Crippen LogP contribution in [0.25, 0.3) is 0 Å². The zero-order valence-electron chi connectivity index (χ0n) is 16.4. The number of carboxylic acids is 1. The normalized spacial score (nSPS) is 11.1. The highest BCUT2D eigenvalue weighted by Gasteiger charge is 2.22. The molecule has 0 unspecified atom stereocenters. The highest BCUT2D eigenvalue weighted by Crippen LogP contribution is 2.30. The topological polar surface area (TPSA) is 147 Å². The van der Waals surface area contributed by atoms with Crippen LogP contribution in [0.1, 0.15) is 25.0 Å². The van der Waals surface area contributed by atoms with Crippen molar-refractivity contribution in [3.05, 3.63) is 47.5 Å². The van der Waals surface area contributed by atoms with E-state index in [1.54, 1.807) is 24.3 Å². The lowest BCUT2D eigenvalue weighted by molar-refractivity contribution is -0.134. The van der Waals surface area contributed by atoms with Gasteiger partial charge in [0.05, 0.1) is 21.7 Å². The maximum absolute atomic E-state index is 12.1. The lowest BCUT2D eigenvalue weighted by atomic mass is 10.1. The molecule has 0 aliphatic carbocycles. The van der Waals surface area contributed by atoms with Gasteiger partial charge < -0.3 is 10.0 Å². The molecule has 10 heteroatoms. The molecule has 2 rings (SSSR count). The van der Waals surface area contributed by atoms with E-state index in [1.165, 1.54) is 0 Å². The maximum atomic E-state index is 12.1. The fourth-order valence-corrected chi connectivity index (χ4v) is 3.82. The molecule has 0 saturated heterocycles. The number of hydrogen-bond donors (Lipinski definition) is 1. The summed E-state index contributed by atoms with van der Waals surface area (Å²) in [4.78, 5) is 12.5. The van der Waals surface area contributed by atoms with Crippen LogP contribution in [0.15, 0.2) is 51.5 Å². The number of hydrogen-bond acceptors (Lipinski definition) is 8. The Morgan fingerprint density at radius 1 is 1.03 bits per heavy atom. The summed E-state index contributed by atoms with van der Waals surface area (Å²) in [7, 11) is -4.21. The van der Waals surface area contributed by atoms with Gasteiger partial charge in [-0.2, -0.15) is 15.6 Å². The quantitative estimate of drug-likeness (QED) is 0.636. The Morgan fingerprint density at radius 2 is 1.57 bits per heavy atom. The molecular weight excluding hydrogens is 406 g/mol. The van der Waals surface area contributed by atoms with Crippen molar-refractivity contribution in [1.82, 2.24) is 0 Å². The number of rotatable bonds is 8. The Bertz CT molecular complexity index is 1120. The molecule has 0 aliphatic rings. The first-order valence-electron chi connectivity index (χ1n) is 8.95. The van der Waals surface area contributed by atoms with Gasteiger partial charge in [-0.1, -0.05) is 0 Å². The minimum Gasteiger partial charge on any atom is -0.480 e. The molecule has 0 aromatic heterocycles. The number of nitrogens with zero attached hydrogens (tertiary/aromatic N) is 5. The summed E-state index contributed by atoms with van der Waals surface area (Å²) in [5.41, 5.74) is 1.04. The lowest BCUT2D eigenvalue weighted by Crippen LogP contribution is -2.21. The standard InChI is InChI=1S/C20H19N5O4S/c1-3-25(4-2)17-7-5-16(6-8-17)23-24-20-14(11-21)9-18(10-15(20)12-22)30(28,29)13-19(26)27/h5-10H,3-4,13H2,1-2H3,(H,26,27). The van der Waals surface area contributed by atoms with Crippen LogP contribution in [0.2, 0.25) is 0 Å². The largest absolute Gasteiger partial charge is 0.480 e. The molecule has 0 amide bonds. The molecule has 30 heavy (non-hydrogen) atoms. The first kappa shape index (κ1) is 22.5. The third-order valence-corrected chi connectivity index (χ3v) is 5.82. The van der Waals surface area contributed by atoms with Gasteiger partial charge in [0, 0.05) is 18.8 Å². The molecule has 0 radical (unpaired) electrons. The Labute approximate surface area is 174 Å². The van der Waals surface area contributed by atoms with Gasteiger partial charge in [0.2, 0.25) is 0 Å². The van der Waals surface area contributed by atoms with Crippen molar-refractivity contribution in [1.29, 1.82) is 10.5 Å². The van der Waals surface area contributed by atoms with E-state index in [4.69, 9.17) is 5.11 Å². The van der Waals surface area contributed by atoms with Gasteiger partial charge in [-0.15, -0.1) is 5.11 Å². The Kier molecular flexibility index (Phi) is 7.23. The Hall–Kier alpha value is -3.76. The number of benzene rings is 2. The van der Waals surface area contributed by atoms with Crippen molar-refractivity contribution < 1.29 is 18.3 Å². The molecule has 0 heterocycles. The molecule has 0 bridgehead atoms. The van der Waals surface area contributed by atoms with Crippen LogP contribution in [0, 0.1) is 22.7 Å². The number of sulfone groups is 1. The number of carboxylic acid groups (broad SMARTS) is 1. The second kappa shape index (κ2) is 9.63. The summed E-state index contributed by atoms with van der Waals surface area (Å²) in [5, 5.41) is 35.6. The highest BCUT2D eigenvalue weighted by atomic mass is 32.2. The van der Waals surface area contributed by atoms with Crippen molar-refractivity contribution in [3.8, 4) is 12.1 Å². The molecule has 0 fully saturated rings. The van der Waals surface area contributed by atoms with E-state index in [9.17, 15) is 23.7 Å². The van der Waals surface area contributed by atoms with Crippen molar-refractivity contribution >= 4 is 32.9 Å². The molecule has 0 saturated carbocycles. The first-order chi connectivity index (χ1) is 14.2. The minimum absolute atomic E-state index is 0.0814. The third kappa shape index (κ3) is 5.19. The summed E-state index contributed by atoms with van der Waals surface area (Å²) in [6.07, 6.45) is 0. The summed E-state index contributed by atoms with van der Waals surface area (Å²) in [6.45, 7) is 5.80. The molecule has 2 aromatic carbocycles. The Balaban J connectivity index is 2.44. The van der Waals surface area contributed by atoms with Crippen molar-refractivity contribution in [2.45, 2.75) is 18.7 Å². The molecular formula is C20H19N5O4S. The number of nitriles is 2. The van der Waals surface area contributed by atoms with Crippen LogP contribution >= 0.6 is 0 Å². The number of carbonyl (C=O) groups is 1. The van der Waals surface area contributed by atoms with Crippen molar-refractivity contribution in [2.24, 2.45) is 10.2 Å². The zero-order valence-corrected chi connectivity index (χ0v) is 17.2. The van der Waals surface area contributed by atoms with E-state index in [0.717, 1.165) is 30.9 Å². The number of aliphatic carboxylic acids is 1. The first-order valence-corrected chi connectivity index (χ1v) is 10.6. The lowest BCUT2D eigenvalue weighted by Gasteiger charge is -2.20. The summed E-state index contributed by atoms with van der Waals surface area (Å²) < 4.78 is 24.3. The smallest absolute Gasteiger partial charge is 0.319 e. The van der Waals surface area contributed by atoms with E-state index in [2.05, 4.69) is 15.1 Å². The minimum atomic E-state index is -4.21. The molecule has 1 N–H and O–H groups in total. The summed E-state index contributed by atoms with van der Waals surface area (Å²) >= 11 is 0. The second-order valence-electron chi connectivity index (χ2n) is 6.13. The van der Waals surface area contributed by atoms with E-state index in [-0.39, 0.29) is 16.8 Å². The third-order valence-electron chi connectivity index (χ3n) is 4.24. The number of azo groups is 1. The maximum Gasteiger partial charge on any atom is 0.319 e. The van der Waals surface area contributed by atoms with Gasteiger partial charge in [-0.25, -0.2) is 8.42 Å². The fraction of sp³-hybridized carbons (Fsp3) is 0.250. The molecule has 0 atom stereocenters. The van der Waals surface area contributed by atoms with E-state index in [1.807, 2.05) is 26.0 Å². The molecule has 154 valence electrons.